The van der Waals surface area contributed by atoms with Gasteiger partial charge in [-0.1, -0.05) is 42.5 Å². The van der Waals surface area contributed by atoms with Gasteiger partial charge in [-0.3, -0.25) is 4.79 Å². The van der Waals surface area contributed by atoms with Gasteiger partial charge >= 0.3 is 0 Å². The molecular formula is C18H21N3O. The smallest absolute Gasteiger partial charge is 0.229 e. The van der Waals surface area contributed by atoms with Gasteiger partial charge in [0.25, 0.3) is 0 Å². The van der Waals surface area contributed by atoms with Gasteiger partial charge < -0.3 is 15.5 Å². The predicted molar refractivity (Wildman–Crippen MR) is 90.1 cm³/mol. The lowest BCUT2D eigenvalue weighted by atomic mass is 10.0. The van der Waals surface area contributed by atoms with Crippen LogP contribution in [0.3, 0.4) is 0 Å². The number of para-hydroxylation sites is 2. The molecule has 1 unspecified atom stereocenters. The molecule has 2 aromatic rings. The van der Waals surface area contributed by atoms with Crippen molar-refractivity contribution in [1.29, 1.82) is 0 Å². The van der Waals surface area contributed by atoms with Crippen molar-refractivity contribution < 1.29 is 4.79 Å². The zero-order chi connectivity index (χ0) is 15.5. The number of amides is 1. The molecule has 2 N–H and O–H groups in total. The van der Waals surface area contributed by atoms with Crippen LogP contribution in [0.4, 0.5) is 11.4 Å². The largest absolute Gasteiger partial charge is 0.371 e. The Morgan fingerprint density at radius 2 is 1.68 bits per heavy atom. The maximum atomic E-state index is 12.7. The van der Waals surface area contributed by atoms with Gasteiger partial charge in [-0.05, 0) is 17.7 Å². The summed E-state index contributed by atoms with van der Waals surface area (Å²) in [5.41, 5.74) is 9.26. The number of fused-ring (bicyclic) bond motifs is 1. The lowest BCUT2D eigenvalue weighted by molar-refractivity contribution is -0.119. The summed E-state index contributed by atoms with van der Waals surface area (Å²) in [5.74, 6) is 0.0805. The number of carbonyl (C=O) groups is 1. The fraction of sp³-hybridized carbons (Fsp3) is 0.278. The number of nitrogens with two attached hydrogens (primary N) is 1. The SMILES string of the molecule is CN1CCN(C(=O)CC(N)c2ccccc2)c2ccccc21. The molecule has 0 saturated heterocycles. The Labute approximate surface area is 131 Å². The van der Waals surface area contributed by atoms with Gasteiger partial charge in [0, 0.05) is 32.6 Å². The molecule has 0 fully saturated rings. The molecule has 4 nitrogen and oxygen atoms in total. The van der Waals surface area contributed by atoms with Gasteiger partial charge in [-0.15, -0.1) is 0 Å². The van der Waals surface area contributed by atoms with Crippen molar-refractivity contribution >= 4 is 17.3 Å². The van der Waals surface area contributed by atoms with Crippen molar-refractivity contribution in [1.82, 2.24) is 0 Å². The van der Waals surface area contributed by atoms with Gasteiger partial charge in [-0.25, -0.2) is 0 Å². The van der Waals surface area contributed by atoms with Crippen molar-refractivity contribution in [3.63, 3.8) is 0 Å². The number of likely N-dealkylation sites (N-methyl/N-ethyl adjacent to an activating group) is 1. The molecule has 0 aromatic heterocycles. The first-order valence-electron chi connectivity index (χ1n) is 7.58. The monoisotopic (exact) mass is 295 g/mol. The van der Waals surface area contributed by atoms with Gasteiger partial charge in [0.05, 0.1) is 11.4 Å². The number of nitrogens with zero attached hydrogens (tertiary/aromatic N) is 2. The highest BCUT2D eigenvalue weighted by molar-refractivity contribution is 5.98. The molecule has 2 aromatic carbocycles. The van der Waals surface area contributed by atoms with E-state index >= 15 is 0 Å². The summed E-state index contributed by atoms with van der Waals surface area (Å²) < 4.78 is 0. The van der Waals surface area contributed by atoms with Crippen LogP contribution < -0.4 is 15.5 Å². The Kier molecular flexibility index (Phi) is 4.11. The first-order valence-corrected chi connectivity index (χ1v) is 7.58. The Hall–Kier alpha value is -2.33. The summed E-state index contributed by atoms with van der Waals surface area (Å²) >= 11 is 0. The third kappa shape index (κ3) is 2.83. The van der Waals surface area contributed by atoms with E-state index in [1.165, 1.54) is 0 Å². The first-order chi connectivity index (χ1) is 10.7. The number of hydrogen-bond donors (Lipinski definition) is 1. The zero-order valence-corrected chi connectivity index (χ0v) is 12.8. The summed E-state index contributed by atoms with van der Waals surface area (Å²) in [5, 5.41) is 0. The van der Waals surface area contributed by atoms with Gasteiger partial charge in [0.1, 0.15) is 0 Å². The van der Waals surface area contributed by atoms with E-state index in [0.29, 0.717) is 13.0 Å². The van der Waals surface area contributed by atoms with Crippen LogP contribution in [0.25, 0.3) is 0 Å². The standard InChI is InChI=1S/C18H21N3O/c1-20-11-12-21(17-10-6-5-9-16(17)20)18(22)13-15(19)14-7-3-2-4-8-14/h2-10,15H,11-13,19H2,1H3. The second-order valence-corrected chi connectivity index (χ2v) is 5.68. The Balaban J connectivity index is 1.77. The second kappa shape index (κ2) is 6.20. The van der Waals surface area contributed by atoms with Gasteiger partial charge in [-0.2, -0.15) is 0 Å². The average Bonchev–Trinajstić information content (AvgIpc) is 2.56. The van der Waals surface area contributed by atoms with Crippen molar-refractivity contribution in [2.24, 2.45) is 5.73 Å². The van der Waals surface area contributed by atoms with E-state index in [0.717, 1.165) is 23.5 Å². The van der Waals surface area contributed by atoms with E-state index < -0.39 is 0 Å². The van der Waals surface area contributed by atoms with E-state index in [2.05, 4.69) is 11.9 Å². The number of carbonyl (C=O) groups excluding carboxylic acids is 1. The second-order valence-electron chi connectivity index (χ2n) is 5.68. The van der Waals surface area contributed by atoms with E-state index in [-0.39, 0.29) is 11.9 Å². The van der Waals surface area contributed by atoms with Crippen molar-refractivity contribution in [2.75, 3.05) is 29.9 Å². The Bertz CT molecular complexity index is 656. The first kappa shape index (κ1) is 14.6. The molecule has 114 valence electrons. The number of benzene rings is 2. The molecular weight excluding hydrogens is 274 g/mol. The van der Waals surface area contributed by atoms with Crippen LogP contribution in [0.2, 0.25) is 0 Å². The molecule has 0 bridgehead atoms. The number of rotatable bonds is 3. The zero-order valence-electron chi connectivity index (χ0n) is 12.8. The van der Waals surface area contributed by atoms with Crippen LogP contribution in [0, 0.1) is 0 Å². The Morgan fingerprint density at radius 1 is 1.05 bits per heavy atom. The molecule has 1 heterocycles. The molecule has 3 rings (SSSR count). The summed E-state index contributed by atoms with van der Waals surface area (Å²) in [7, 11) is 2.05. The summed E-state index contributed by atoms with van der Waals surface area (Å²) in [6, 6.07) is 17.5. The molecule has 0 aliphatic carbocycles. The van der Waals surface area contributed by atoms with E-state index in [9.17, 15) is 4.79 Å². The topological polar surface area (TPSA) is 49.6 Å². The number of anilines is 2. The summed E-state index contributed by atoms with van der Waals surface area (Å²) in [6.07, 6.45) is 0.321. The fourth-order valence-corrected chi connectivity index (χ4v) is 2.88. The van der Waals surface area contributed by atoms with Crippen LogP contribution in [0.15, 0.2) is 54.6 Å². The minimum absolute atomic E-state index is 0.0805. The van der Waals surface area contributed by atoms with Crippen molar-refractivity contribution in [2.45, 2.75) is 12.5 Å². The molecule has 0 saturated carbocycles. The molecule has 22 heavy (non-hydrogen) atoms. The van der Waals surface area contributed by atoms with Crippen LogP contribution >= 0.6 is 0 Å². The van der Waals surface area contributed by atoms with Crippen molar-refractivity contribution in [3.05, 3.63) is 60.2 Å². The van der Waals surface area contributed by atoms with Crippen LogP contribution in [0.1, 0.15) is 18.0 Å². The maximum Gasteiger partial charge on any atom is 0.229 e. The minimum Gasteiger partial charge on any atom is -0.371 e. The highest BCUT2D eigenvalue weighted by Crippen LogP contribution is 2.32. The molecule has 1 aliphatic rings. The quantitative estimate of drug-likeness (QED) is 0.947. The number of hydrogen-bond acceptors (Lipinski definition) is 3. The lowest BCUT2D eigenvalue weighted by Crippen LogP contribution is -2.43. The fourth-order valence-electron chi connectivity index (χ4n) is 2.88. The Morgan fingerprint density at radius 3 is 2.41 bits per heavy atom. The average molecular weight is 295 g/mol. The minimum atomic E-state index is -0.263. The molecule has 4 heteroatoms. The van der Waals surface area contributed by atoms with E-state index in [4.69, 9.17) is 5.73 Å². The third-order valence-electron chi connectivity index (χ3n) is 4.17. The third-order valence-corrected chi connectivity index (χ3v) is 4.17. The van der Waals surface area contributed by atoms with E-state index in [1.807, 2.05) is 59.5 Å². The molecule has 0 spiro atoms. The molecule has 0 radical (unpaired) electrons. The van der Waals surface area contributed by atoms with E-state index in [1.54, 1.807) is 0 Å². The van der Waals surface area contributed by atoms with Gasteiger partial charge in [0.15, 0.2) is 0 Å². The van der Waals surface area contributed by atoms with Crippen LogP contribution in [0.5, 0.6) is 0 Å². The molecule has 1 atom stereocenters. The predicted octanol–water partition coefficient (Wildman–Crippen LogP) is 2.56. The highest BCUT2D eigenvalue weighted by atomic mass is 16.2. The molecule has 1 amide bonds. The normalized spacial score (nSPS) is 15.4. The van der Waals surface area contributed by atoms with Gasteiger partial charge in [0.2, 0.25) is 5.91 Å². The lowest BCUT2D eigenvalue weighted by Gasteiger charge is -2.36. The highest BCUT2D eigenvalue weighted by Gasteiger charge is 2.26. The van der Waals surface area contributed by atoms with Crippen LogP contribution in [-0.2, 0) is 4.79 Å². The van der Waals surface area contributed by atoms with Crippen LogP contribution in [-0.4, -0.2) is 26.0 Å². The maximum absolute atomic E-state index is 12.7. The molecule has 1 aliphatic heterocycles. The summed E-state index contributed by atoms with van der Waals surface area (Å²) in [6.45, 7) is 1.54. The summed E-state index contributed by atoms with van der Waals surface area (Å²) in [4.78, 5) is 16.7. The van der Waals surface area contributed by atoms with Crippen molar-refractivity contribution in [3.8, 4) is 0 Å².